The van der Waals surface area contributed by atoms with Gasteiger partial charge >= 0.3 is 0 Å². The highest BCUT2D eigenvalue weighted by molar-refractivity contribution is 7.80. The molecule has 1 aromatic heterocycles. The average molecular weight is 196 g/mol. The van der Waals surface area contributed by atoms with E-state index in [0.717, 1.165) is 5.69 Å². The number of pyridine rings is 1. The number of nitrogens with zero attached hydrogens (tertiary/aromatic N) is 2. The average Bonchev–Trinajstić information content (AvgIpc) is 2.18. The fourth-order valence-corrected chi connectivity index (χ4v) is 0.884. The van der Waals surface area contributed by atoms with Gasteiger partial charge in [-0.25, -0.2) is 0 Å². The van der Waals surface area contributed by atoms with E-state index in [0.29, 0.717) is 5.11 Å². The molecule has 0 radical (unpaired) electrons. The van der Waals surface area contributed by atoms with Gasteiger partial charge in [-0.2, -0.15) is 0 Å². The minimum atomic E-state index is 0.636. The lowest BCUT2D eigenvalue weighted by molar-refractivity contribution is 0.599. The lowest BCUT2D eigenvalue weighted by atomic mass is 10.4. The van der Waals surface area contributed by atoms with Crippen molar-refractivity contribution in [1.82, 2.24) is 15.3 Å². The van der Waals surface area contributed by atoms with Crippen molar-refractivity contribution in [3.05, 3.63) is 24.5 Å². The Hall–Kier alpha value is -1.36. The Bertz CT molecular complexity index is 275. The van der Waals surface area contributed by atoms with Crippen LogP contribution >= 0.6 is 12.2 Å². The first-order valence-corrected chi connectivity index (χ1v) is 4.27. The van der Waals surface area contributed by atoms with Gasteiger partial charge in [0.05, 0.1) is 5.69 Å². The molecule has 1 aromatic rings. The topological polar surface area (TPSA) is 40.2 Å². The summed E-state index contributed by atoms with van der Waals surface area (Å²) in [5.74, 6) is 0. The zero-order valence-corrected chi connectivity index (χ0v) is 8.43. The molecule has 0 aliphatic heterocycles. The van der Waals surface area contributed by atoms with Crippen LogP contribution in [0.2, 0.25) is 0 Å². The summed E-state index contributed by atoms with van der Waals surface area (Å²) in [5, 5.41) is 5.23. The first-order chi connectivity index (χ1) is 6.24. The molecular weight excluding hydrogens is 184 g/mol. The molecule has 1 heterocycles. The number of anilines is 1. The smallest absolute Gasteiger partial charge is 0.187 e. The third-order valence-electron chi connectivity index (χ3n) is 1.50. The second-order valence-corrected chi connectivity index (χ2v) is 2.85. The van der Waals surface area contributed by atoms with Crippen LogP contribution in [0.3, 0.4) is 0 Å². The Morgan fingerprint density at radius 2 is 2.08 bits per heavy atom. The number of aromatic nitrogens is 1. The molecule has 0 atom stereocenters. The zero-order chi connectivity index (χ0) is 9.68. The fraction of sp³-hybridized carbons (Fsp3) is 0.250. The molecule has 0 saturated heterocycles. The van der Waals surface area contributed by atoms with Gasteiger partial charge in [0.1, 0.15) is 0 Å². The van der Waals surface area contributed by atoms with Crippen LogP contribution < -0.4 is 10.7 Å². The van der Waals surface area contributed by atoms with Crippen molar-refractivity contribution in [2.45, 2.75) is 0 Å². The first-order valence-electron chi connectivity index (χ1n) is 3.86. The Morgan fingerprint density at radius 1 is 1.46 bits per heavy atom. The maximum atomic E-state index is 5.01. The second kappa shape index (κ2) is 4.61. The predicted molar refractivity (Wildman–Crippen MR) is 57.3 cm³/mol. The molecule has 0 amide bonds. The van der Waals surface area contributed by atoms with Gasteiger partial charge < -0.3 is 5.32 Å². The van der Waals surface area contributed by atoms with E-state index in [9.17, 15) is 0 Å². The predicted octanol–water partition coefficient (Wildman–Crippen LogP) is 0.845. The standard InChI is InChI=1S/C8H12N4S/c1-9-8(13)12(2)11-7-3-5-10-6-4-7/h3-6H,1-2H3,(H,9,13)(H,10,11). The summed E-state index contributed by atoms with van der Waals surface area (Å²) < 4.78 is 0. The number of thiocarbonyl (C=S) groups is 1. The van der Waals surface area contributed by atoms with Crippen molar-refractivity contribution in [1.29, 1.82) is 0 Å². The van der Waals surface area contributed by atoms with Gasteiger partial charge in [0.2, 0.25) is 0 Å². The summed E-state index contributed by atoms with van der Waals surface area (Å²) in [4.78, 5) is 3.91. The van der Waals surface area contributed by atoms with Gasteiger partial charge in [0.15, 0.2) is 5.11 Å². The SMILES string of the molecule is CNC(=S)N(C)Nc1ccncc1. The number of hydrogen-bond acceptors (Lipinski definition) is 3. The molecule has 0 saturated carbocycles. The van der Waals surface area contributed by atoms with Crippen molar-refractivity contribution in [2.24, 2.45) is 0 Å². The van der Waals surface area contributed by atoms with Gasteiger partial charge in [0.25, 0.3) is 0 Å². The molecule has 0 fully saturated rings. The van der Waals surface area contributed by atoms with Gasteiger partial charge in [-0.1, -0.05) is 0 Å². The quantitative estimate of drug-likeness (QED) is 0.542. The van der Waals surface area contributed by atoms with Crippen LogP contribution in [0.5, 0.6) is 0 Å². The lowest BCUT2D eigenvalue weighted by Gasteiger charge is -2.21. The third-order valence-corrected chi connectivity index (χ3v) is 1.97. The van der Waals surface area contributed by atoms with Crippen LogP contribution in [0, 0.1) is 0 Å². The number of rotatable bonds is 2. The summed E-state index contributed by atoms with van der Waals surface area (Å²) in [5.41, 5.74) is 4.04. The molecule has 0 aliphatic rings. The molecule has 0 spiro atoms. The van der Waals surface area contributed by atoms with Crippen LogP contribution in [0.25, 0.3) is 0 Å². The molecule has 2 N–H and O–H groups in total. The minimum Gasteiger partial charge on any atom is -0.364 e. The highest BCUT2D eigenvalue weighted by Gasteiger charge is 1.99. The van der Waals surface area contributed by atoms with Gasteiger partial charge in [-0.05, 0) is 24.4 Å². The van der Waals surface area contributed by atoms with Crippen molar-refractivity contribution in [3.63, 3.8) is 0 Å². The van der Waals surface area contributed by atoms with Crippen LogP contribution in [-0.2, 0) is 0 Å². The van der Waals surface area contributed by atoms with E-state index in [1.165, 1.54) is 0 Å². The van der Waals surface area contributed by atoms with Crippen molar-refractivity contribution < 1.29 is 0 Å². The number of hydrazine groups is 1. The Kier molecular flexibility index (Phi) is 3.45. The van der Waals surface area contributed by atoms with E-state index >= 15 is 0 Å². The van der Waals surface area contributed by atoms with Gasteiger partial charge in [-0.3, -0.25) is 15.4 Å². The molecule has 5 heteroatoms. The highest BCUT2D eigenvalue weighted by Crippen LogP contribution is 2.03. The summed E-state index contributed by atoms with van der Waals surface area (Å²) in [7, 11) is 3.63. The van der Waals surface area contributed by atoms with Gasteiger partial charge in [-0.15, -0.1) is 0 Å². The molecule has 1 rings (SSSR count). The summed E-state index contributed by atoms with van der Waals surface area (Å²) >= 11 is 5.01. The maximum absolute atomic E-state index is 5.01. The molecule has 0 bridgehead atoms. The van der Waals surface area contributed by atoms with E-state index < -0.39 is 0 Å². The number of hydrogen-bond donors (Lipinski definition) is 2. The molecule has 0 aliphatic carbocycles. The number of nitrogens with one attached hydrogen (secondary N) is 2. The van der Waals surface area contributed by atoms with Gasteiger partial charge in [0, 0.05) is 26.5 Å². The summed E-state index contributed by atoms with van der Waals surface area (Å²) in [6, 6.07) is 3.74. The molecule has 70 valence electrons. The Labute approximate surface area is 82.9 Å². The zero-order valence-electron chi connectivity index (χ0n) is 7.61. The molecular formula is C8H12N4S. The first kappa shape index (κ1) is 9.73. The highest BCUT2D eigenvalue weighted by atomic mass is 32.1. The largest absolute Gasteiger partial charge is 0.364 e. The lowest BCUT2D eigenvalue weighted by Crippen LogP contribution is -2.38. The molecule has 0 unspecified atom stereocenters. The van der Waals surface area contributed by atoms with E-state index in [4.69, 9.17) is 12.2 Å². The minimum absolute atomic E-state index is 0.636. The van der Waals surface area contributed by atoms with Crippen LogP contribution in [0.15, 0.2) is 24.5 Å². The van der Waals surface area contributed by atoms with Crippen LogP contribution in [0.4, 0.5) is 5.69 Å². The van der Waals surface area contributed by atoms with E-state index in [-0.39, 0.29) is 0 Å². The summed E-state index contributed by atoms with van der Waals surface area (Å²) in [6.07, 6.45) is 3.44. The normalized spacial score (nSPS) is 9.08. The maximum Gasteiger partial charge on any atom is 0.187 e. The van der Waals surface area contributed by atoms with E-state index in [1.807, 2.05) is 19.2 Å². The van der Waals surface area contributed by atoms with Crippen LogP contribution in [-0.4, -0.2) is 29.2 Å². The molecule has 0 aromatic carbocycles. The fourth-order valence-electron chi connectivity index (χ4n) is 0.839. The second-order valence-electron chi connectivity index (χ2n) is 2.46. The third kappa shape index (κ3) is 2.87. The molecule has 4 nitrogen and oxygen atoms in total. The summed E-state index contributed by atoms with van der Waals surface area (Å²) in [6.45, 7) is 0. The van der Waals surface area contributed by atoms with E-state index in [1.54, 1.807) is 24.5 Å². The Morgan fingerprint density at radius 3 is 2.62 bits per heavy atom. The Balaban J connectivity index is 2.55. The van der Waals surface area contributed by atoms with Crippen molar-refractivity contribution >= 4 is 23.0 Å². The van der Waals surface area contributed by atoms with E-state index in [2.05, 4.69) is 15.7 Å². The van der Waals surface area contributed by atoms with Crippen LogP contribution in [0.1, 0.15) is 0 Å². The van der Waals surface area contributed by atoms with Crippen molar-refractivity contribution in [2.75, 3.05) is 19.5 Å². The van der Waals surface area contributed by atoms with Crippen molar-refractivity contribution in [3.8, 4) is 0 Å². The molecule has 13 heavy (non-hydrogen) atoms. The monoisotopic (exact) mass is 196 g/mol.